The lowest BCUT2D eigenvalue weighted by atomic mass is 9.88. The molecular formula is C12H20N4OS. The number of pyridine rings is 1. The molecular weight excluding hydrogens is 248 g/mol. The Morgan fingerprint density at radius 3 is 2.50 bits per heavy atom. The average molecular weight is 268 g/mol. The Hall–Kier alpha value is -1.40. The maximum absolute atomic E-state index is 8.65. The Bertz CT molecular complexity index is 400. The van der Waals surface area contributed by atoms with Gasteiger partial charge in [0.2, 0.25) is 0 Å². The van der Waals surface area contributed by atoms with E-state index < -0.39 is 0 Å². The van der Waals surface area contributed by atoms with Gasteiger partial charge in [0.15, 0.2) is 5.11 Å². The van der Waals surface area contributed by atoms with E-state index in [0.717, 1.165) is 5.69 Å². The van der Waals surface area contributed by atoms with E-state index in [4.69, 9.17) is 17.4 Å². The van der Waals surface area contributed by atoms with Crippen LogP contribution in [-0.4, -0.2) is 21.3 Å². The fourth-order valence-electron chi connectivity index (χ4n) is 1.11. The van der Waals surface area contributed by atoms with Crippen molar-refractivity contribution in [1.29, 1.82) is 0 Å². The summed E-state index contributed by atoms with van der Waals surface area (Å²) in [5.41, 5.74) is 2.88. The van der Waals surface area contributed by atoms with E-state index in [1.165, 1.54) is 0 Å². The van der Waals surface area contributed by atoms with Gasteiger partial charge in [0.1, 0.15) is 5.82 Å². The molecule has 1 aromatic heterocycles. The molecule has 0 bridgehead atoms. The monoisotopic (exact) mass is 268 g/mol. The minimum atomic E-state index is 0.134. The molecule has 1 unspecified atom stereocenters. The van der Waals surface area contributed by atoms with Crippen LogP contribution in [0.25, 0.3) is 0 Å². The molecule has 0 aromatic carbocycles. The van der Waals surface area contributed by atoms with Gasteiger partial charge in [-0.1, -0.05) is 20.8 Å². The first-order chi connectivity index (χ1) is 8.32. The quantitative estimate of drug-likeness (QED) is 0.499. The molecule has 4 N–H and O–H groups in total. The molecule has 0 saturated heterocycles. The van der Waals surface area contributed by atoms with E-state index in [0.29, 0.717) is 10.9 Å². The van der Waals surface area contributed by atoms with Crippen molar-refractivity contribution in [3.05, 3.63) is 18.3 Å². The van der Waals surface area contributed by atoms with Gasteiger partial charge in [-0.15, -0.1) is 0 Å². The van der Waals surface area contributed by atoms with Crippen molar-refractivity contribution in [2.45, 2.75) is 33.7 Å². The summed E-state index contributed by atoms with van der Waals surface area (Å²) >= 11 is 5.23. The van der Waals surface area contributed by atoms with E-state index in [2.05, 4.69) is 43.3 Å². The highest BCUT2D eigenvalue weighted by Crippen LogP contribution is 2.18. The maximum atomic E-state index is 8.65. The van der Waals surface area contributed by atoms with E-state index in [1.807, 2.05) is 5.48 Å². The van der Waals surface area contributed by atoms with Crippen LogP contribution in [0.5, 0.6) is 0 Å². The number of anilines is 2. The molecule has 1 rings (SSSR count). The van der Waals surface area contributed by atoms with Crippen LogP contribution >= 0.6 is 12.2 Å². The minimum Gasteiger partial charge on any atom is -0.359 e. The van der Waals surface area contributed by atoms with Crippen molar-refractivity contribution in [3.63, 3.8) is 0 Å². The number of aromatic nitrogens is 1. The van der Waals surface area contributed by atoms with Gasteiger partial charge >= 0.3 is 0 Å². The second kappa shape index (κ2) is 5.97. The van der Waals surface area contributed by atoms with E-state index >= 15 is 0 Å². The second-order valence-electron chi connectivity index (χ2n) is 5.23. The summed E-state index contributed by atoms with van der Waals surface area (Å²) in [4.78, 5) is 3.97. The van der Waals surface area contributed by atoms with Gasteiger partial charge in [-0.05, 0) is 36.7 Å². The minimum absolute atomic E-state index is 0.134. The topological polar surface area (TPSA) is 69.2 Å². The van der Waals surface area contributed by atoms with Gasteiger partial charge in [-0.2, -0.15) is 0 Å². The summed E-state index contributed by atoms with van der Waals surface area (Å²) in [6.07, 6.45) is 1.59. The Balaban J connectivity index is 2.54. The normalized spacial score (nSPS) is 12.7. The van der Waals surface area contributed by atoms with E-state index in [9.17, 15) is 0 Å². The fraction of sp³-hybridized carbons (Fsp3) is 0.500. The zero-order valence-corrected chi connectivity index (χ0v) is 11.9. The van der Waals surface area contributed by atoms with Crippen LogP contribution in [0.2, 0.25) is 0 Å². The molecule has 0 aliphatic rings. The van der Waals surface area contributed by atoms with Gasteiger partial charge in [0.25, 0.3) is 0 Å². The zero-order valence-electron chi connectivity index (χ0n) is 11.1. The molecule has 0 fully saturated rings. The number of nitrogens with zero attached hydrogens (tertiary/aromatic N) is 1. The number of hydrogen-bond acceptors (Lipinski definition) is 4. The molecule has 6 heteroatoms. The van der Waals surface area contributed by atoms with Gasteiger partial charge in [0.05, 0.1) is 11.9 Å². The van der Waals surface area contributed by atoms with Crippen LogP contribution in [-0.2, 0) is 0 Å². The largest absolute Gasteiger partial charge is 0.359 e. The molecule has 0 aliphatic heterocycles. The number of nitrogens with one attached hydrogen (secondary N) is 3. The van der Waals surface area contributed by atoms with E-state index in [1.54, 1.807) is 18.3 Å². The van der Waals surface area contributed by atoms with Crippen LogP contribution in [0, 0.1) is 5.41 Å². The van der Waals surface area contributed by atoms with Crippen LogP contribution in [0.15, 0.2) is 18.3 Å². The number of hydrogen-bond donors (Lipinski definition) is 4. The third kappa shape index (κ3) is 4.46. The summed E-state index contributed by atoms with van der Waals surface area (Å²) in [7, 11) is 0. The summed E-state index contributed by atoms with van der Waals surface area (Å²) in [5.74, 6) is 0.391. The lowest BCUT2D eigenvalue weighted by Crippen LogP contribution is -2.43. The number of thiocarbonyl (C=S) groups is 1. The van der Waals surface area contributed by atoms with Crippen molar-refractivity contribution >= 4 is 28.8 Å². The highest BCUT2D eigenvalue weighted by atomic mass is 32.1. The smallest absolute Gasteiger partial charge is 0.171 e. The van der Waals surface area contributed by atoms with Crippen LogP contribution in [0.3, 0.4) is 0 Å². The van der Waals surface area contributed by atoms with Crippen molar-refractivity contribution in [3.8, 4) is 0 Å². The SMILES string of the molecule is CC(NC(=S)Nc1ccc(NO)nc1)C(C)(C)C. The second-order valence-corrected chi connectivity index (χ2v) is 5.64. The summed E-state index contributed by atoms with van der Waals surface area (Å²) in [6.45, 7) is 8.54. The molecule has 0 aliphatic carbocycles. The maximum Gasteiger partial charge on any atom is 0.171 e. The highest BCUT2D eigenvalue weighted by molar-refractivity contribution is 7.80. The predicted molar refractivity (Wildman–Crippen MR) is 77.9 cm³/mol. The van der Waals surface area contributed by atoms with E-state index in [-0.39, 0.29) is 11.5 Å². The van der Waals surface area contributed by atoms with Crippen LogP contribution in [0.1, 0.15) is 27.7 Å². The first-order valence-electron chi connectivity index (χ1n) is 5.76. The Labute approximate surface area is 113 Å². The molecule has 0 saturated carbocycles. The molecule has 0 amide bonds. The van der Waals surface area contributed by atoms with Crippen LogP contribution < -0.4 is 16.1 Å². The highest BCUT2D eigenvalue weighted by Gasteiger charge is 2.20. The molecule has 1 aromatic rings. The molecule has 100 valence electrons. The molecule has 1 heterocycles. The summed E-state index contributed by atoms with van der Waals surface area (Å²) < 4.78 is 0. The van der Waals surface area contributed by atoms with Crippen molar-refractivity contribution < 1.29 is 5.21 Å². The lowest BCUT2D eigenvalue weighted by Gasteiger charge is -2.29. The molecule has 18 heavy (non-hydrogen) atoms. The van der Waals surface area contributed by atoms with Gasteiger partial charge in [0, 0.05) is 6.04 Å². The van der Waals surface area contributed by atoms with Crippen LogP contribution in [0.4, 0.5) is 11.5 Å². The lowest BCUT2D eigenvalue weighted by molar-refractivity contribution is 0.317. The zero-order chi connectivity index (χ0) is 13.8. The molecule has 0 spiro atoms. The standard InChI is InChI=1S/C12H20N4OS/c1-8(12(2,3)4)14-11(18)15-9-5-6-10(16-17)13-7-9/h5-8,17H,1-4H3,(H,13,16)(H2,14,15,18). The molecule has 1 atom stereocenters. The van der Waals surface area contributed by atoms with Crippen molar-refractivity contribution in [2.24, 2.45) is 5.41 Å². The Morgan fingerprint density at radius 2 is 2.06 bits per heavy atom. The number of rotatable bonds is 3. The first-order valence-corrected chi connectivity index (χ1v) is 6.17. The third-order valence-electron chi connectivity index (χ3n) is 2.78. The van der Waals surface area contributed by atoms with Gasteiger partial charge < -0.3 is 10.6 Å². The fourth-order valence-corrected chi connectivity index (χ4v) is 1.41. The van der Waals surface area contributed by atoms with Crippen molar-refractivity contribution in [1.82, 2.24) is 10.3 Å². The molecule has 0 radical (unpaired) electrons. The molecule has 5 nitrogen and oxygen atoms in total. The third-order valence-corrected chi connectivity index (χ3v) is 3.00. The van der Waals surface area contributed by atoms with Gasteiger partial charge in [-0.3, -0.25) is 10.7 Å². The van der Waals surface area contributed by atoms with Gasteiger partial charge in [-0.25, -0.2) is 4.98 Å². The summed E-state index contributed by atoms with van der Waals surface area (Å²) in [6, 6.07) is 3.68. The average Bonchev–Trinajstić information content (AvgIpc) is 2.28. The van der Waals surface area contributed by atoms with Crippen molar-refractivity contribution in [2.75, 3.05) is 10.8 Å². The summed E-state index contributed by atoms with van der Waals surface area (Å²) in [5, 5.41) is 15.5. The predicted octanol–water partition coefficient (Wildman–Crippen LogP) is 2.60. The Morgan fingerprint density at radius 1 is 1.39 bits per heavy atom. The first kappa shape index (κ1) is 14.7. The Kier molecular flexibility index (Phi) is 4.86.